The van der Waals surface area contributed by atoms with Crippen LogP contribution in [0.2, 0.25) is 0 Å². The van der Waals surface area contributed by atoms with Gasteiger partial charge in [-0.1, -0.05) is 0 Å². The first-order valence-corrected chi connectivity index (χ1v) is 6.07. The summed E-state index contributed by atoms with van der Waals surface area (Å²) in [7, 11) is 3.32. The molecule has 0 atom stereocenters. The molecule has 0 aliphatic carbocycles. The highest BCUT2D eigenvalue weighted by atomic mass is 16.5. The number of nitrogens with zero attached hydrogens (tertiary/aromatic N) is 1. The minimum Gasteiger partial charge on any atom is -0.496 e. The molecular weight excluding hydrogens is 240 g/mol. The van der Waals surface area contributed by atoms with Crippen LogP contribution >= 0.6 is 0 Å². The van der Waals surface area contributed by atoms with Gasteiger partial charge in [-0.25, -0.2) is 0 Å². The van der Waals surface area contributed by atoms with Crippen molar-refractivity contribution in [3.63, 3.8) is 0 Å². The number of hydrogen-bond acceptors (Lipinski definition) is 4. The average molecular weight is 258 g/mol. The Kier molecular flexibility index (Phi) is 4.02. The lowest BCUT2D eigenvalue weighted by atomic mass is 9.99. The van der Waals surface area contributed by atoms with Crippen molar-refractivity contribution in [1.29, 1.82) is 0 Å². The molecule has 2 N–H and O–H groups in total. The van der Waals surface area contributed by atoms with Crippen LogP contribution in [0.3, 0.4) is 0 Å². The van der Waals surface area contributed by atoms with Gasteiger partial charge in [0.2, 0.25) is 0 Å². The van der Waals surface area contributed by atoms with Gasteiger partial charge in [0.15, 0.2) is 0 Å². The minimum atomic E-state index is 0.433. The van der Waals surface area contributed by atoms with Gasteiger partial charge < -0.3 is 15.2 Å². The molecule has 2 aromatic rings. The van der Waals surface area contributed by atoms with Crippen molar-refractivity contribution >= 4 is 0 Å². The predicted octanol–water partition coefficient (Wildman–Crippen LogP) is 2.53. The van der Waals surface area contributed by atoms with Crippen LogP contribution in [0.25, 0.3) is 11.1 Å². The van der Waals surface area contributed by atoms with Crippen molar-refractivity contribution in [2.24, 2.45) is 5.73 Å². The van der Waals surface area contributed by atoms with Crippen LogP contribution in [0.4, 0.5) is 0 Å². The highest BCUT2D eigenvalue weighted by Crippen LogP contribution is 2.37. The topological polar surface area (TPSA) is 57.4 Å². The van der Waals surface area contributed by atoms with Gasteiger partial charge in [-0.15, -0.1) is 0 Å². The highest BCUT2D eigenvalue weighted by Gasteiger charge is 2.13. The van der Waals surface area contributed by atoms with Crippen molar-refractivity contribution < 1.29 is 9.47 Å². The van der Waals surface area contributed by atoms with Gasteiger partial charge in [-0.05, 0) is 41.8 Å². The maximum absolute atomic E-state index is 5.77. The fourth-order valence-electron chi connectivity index (χ4n) is 2.11. The maximum Gasteiger partial charge on any atom is 0.127 e. The Balaban J connectivity index is 2.66. The minimum absolute atomic E-state index is 0.433. The normalized spacial score (nSPS) is 10.3. The number of methoxy groups -OCH3 is 2. The fourth-order valence-corrected chi connectivity index (χ4v) is 2.11. The van der Waals surface area contributed by atoms with E-state index < -0.39 is 0 Å². The van der Waals surface area contributed by atoms with Gasteiger partial charge in [0.25, 0.3) is 0 Å². The summed E-state index contributed by atoms with van der Waals surface area (Å²) >= 11 is 0. The zero-order chi connectivity index (χ0) is 13.8. The second-order valence-electron chi connectivity index (χ2n) is 4.26. The molecule has 2 rings (SSSR count). The standard InChI is InChI=1S/C15H18N2O2/c1-10-6-15(19-3)13(7-14(10)18-2)12-4-5-17-9-11(12)8-16/h4-7,9H,8,16H2,1-3H3. The van der Waals surface area contributed by atoms with E-state index >= 15 is 0 Å². The molecular formula is C15H18N2O2. The van der Waals surface area contributed by atoms with Gasteiger partial charge in [0, 0.05) is 24.5 Å². The molecule has 1 heterocycles. The SMILES string of the molecule is COc1cc(-c2ccncc2CN)c(OC)cc1C. The first-order valence-electron chi connectivity index (χ1n) is 6.07. The fraction of sp³-hybridized carbons (Fsp3) is 0.267. The largest absolute Gasteiger partial charge is 0.496 e. The average Bonchev–Trinajstić information content (AvgIpc) is 2.46. The van der Waals surface area contributed by atoms with E-state index in [9.17, 15) is 0 Å². The number of benzene rings is 1. The second-order valence-corrected chi connectivity index (χ2v) is 4.26. The molecule has 0 amide bonds. The van der Waals surface area contributed by atoms with Crippen LogP contribution < -0.4 is 15.2 Å². The van der Waals surface area contributed by atoms with E-state index in [1.807, 2.05) is 25.1 Å². The lowest BCUT2D eigenvalue weighted by Crippen LogP contribution is -2.01. The summed E-state index contributed by atoms with van der Waals surface area (Å²) in [4.78, 5) is 4.11. The molecule has 4 nitrogen and oxygen atoms in total. The zero-order valence-electron chi connectivity index (χ0n) is 11.4. The Morgan fingerprint density at radius 1 is 1.11 bits per heavy atom. The van der Waals surface area contributed by atoms with Crippen molar-refractivity contribution in [3.05, 3.63) is 41.7 Å². The van der Waals surface area contributed by atoms with E-state index in [2.05, 4.69) is 4.98 Å². The molecule has 0 saturated heterocycles. The van der Waals surface area contributed by atoms with E-state index in [0.29, 0.717) is 6.54 Å². The number of rotatable bonds is 4. The highest BCUT2D eigenvalue weighted by molar-refractivity contribution is 5.75. The van der Waals surface area contributed by atoms with Gasteiger partial charge >= 0.3 is 0 Å². The third-order valence-electron chi connectivity index (χ3n) is 3.13. The van der Waals surface area contributed by atoms with Crippen LogP contribution in [0.1, 0.15) is 11.1 Å². The summed E-state index contributed by atoms with van der Waals surface area (Å²) in [5, 5.41) is 0. The van der Waals surface area contributed by atoms with E-state index in [1.54, 1.807) is 26.6 Å². The number of hydrogen-bond donors (Lipinski definition) is 1. The molecule has 0 saturated carbocycles. The Hall–Kier alpha value is -2.07. The molecule has 0 radical (unpaired) electrons. The molecule has 0 bridgehead atoms. The molecule has 1 aromatic carbocycles. The second kappa shape index (κ2) is 5.71. The van der Waals surface area contributed by atoms with Crippen molar-refractivity contribution in [2.45, 2.75) is 13.5 Å². The summed E-state index contributed by atoms with van der Waals surface area (Å²) in [6.45, 7) is 2.42. The lowest BCUT2D eigenvalue weighted by molar-refractivity contribution is 0.402. The summed E-state index contributed by atoms with van der Waals surface area (Å²) < 4.78 is 10.8. The zero-order valence-corrected chi connectivity index (χ0v) is 11.4. The third kappa shape index (κ3) is 2.53. The first-order chi connectivity index (χ1) is 9.21. The Morgan fingerprint density at radius 3 is 2.47 bits per heavy atom. The van der Waals surface area contributed by atoms with Crippen LogP contribution in [0.5, 0.6) is 11.5 Å². The molecule has 0 aliphatic heterocycles. The first kappa shape index (κ1) is 13.4. The smallest absolute Gasteiger partial charge is 0.127 e. The molecule has 1 aromatic heterocycles. The third-order valence-corrected chi connectivity index (χ3v) is 3.13. The molecule has 4 heteroatoms. The molecule has 100 valence electrons. The van der Waals surface area contributed by atoms with E-state index in [1.165, 1.54) is 0 Å². The van der Waals surface area contributed by atoms with E-state index in [-0.39, 0.29) is 0 Å². The van der Waals surface area contributed by atoms with Gasteiger partial charge in [-0.3, -0.25) is 4.98 Å². The quantitative estimate of drug-likeness (QED) is 0.915. The Morgan fingerprint density at radius 2 is 1.84 bits per heavy atom. The van der Waals surface area contributed by atoms with Crippen molar-refractivity contribution in [2.75, 3.05) is 14.2 Å². The predicted molar refractivity (Wildman–Crippen MR) is 75.4 cm³/mol. The number of ether oxygens (including phenoxy) is 2. The van der Waals surface area contributed by atoms with Crippen LogP contribution in [-0.2, 0) is 6.54 Å². The van der Waals surface area contributed by atoms with E-state index in [4.69, 9.17) is 15.2 Å². The van der Waals surface area contributed by atoms with E-state index in [0.717, 1.165) is 33.8 Å². The van der Waals surface area contributed by atoms with Crippen molar-refractivity contribution in [3.8, 4) is 22.6 Å². The molecule has 0 aliphatic rings. The van der Waals surface area contributed by atoms with Crippen LogP contribution in [0, 0.1) is 6.92 Å². The van der Waals surface area contributed by atoms with Gasteiger partial charge in [0.1, 0.15) is 11.5 Å². The number of pyridine rings is 1. The lowest BCUT2D eigenvalue weighted by Gasteiger charge is -2.15. The van der Waals surface area contributed by atoms with Crippen molar-refractivity contribution in [1.82, 2.24) is 4.98 Å². The maximum atomic E-state index is 5.77. The Bertz CT molecular complexity index is 582. The summed E-state index contributed by atoms with van der Waals surface area (Å²) in [5.41, 5.74) is 9.77. The number of aryl methyl sites for hydroxylation is 1. The number of aromatic nitrogens is 1. The van der Waals surface area contributed by atoms with Gasteiger partial charge in [0.05, 0.1) is 14.2 Å². The summed E-state index contributed by atoms with van der Waals surface area (Å²) in [6, 6.07) is 5.88. The number of nitrogens with two attached hydrogens (primary N) is 1. The van der Waals surface area contributed by atoms with Crippen LogP contribution in [0.15, 0.2) is 30.6 Å². The van der Waals surface area contributed by atoms with Crippen LogP contribution in [-0.4, -0.2) is 19.2 Å². The molecule has 0 fully saturated rings. The summed E-state index contributed by atoms with van der Waals surface area (Å²) in [5.74, 6) is 1.63. The molecule has 0 unspecified atom stereocenters. The molecule has 19 heavy (non-hydrogen) atoms. The van der Waals surface area contributed by atoms with Gasteiger partial charge in [-0.2, -0.15) is 0 Å². The summed E-state index contributed by atoms with van der Waals surface area (Å²) in [6.07, 6.45) is 3.53. The molecule has 0 spiro atoms. The Labute approximate surface area is 113 Å². The monoisotopic (exact) mass is 258 g/mol.